The summed E-state index contributed by atoms with van der Waals surface area (Å²) < 4.78 is 0. The summed E-state index contributed by atoms with van der Waals surface area (Å²) in [5.41, 5.74) is 1.07. The van der Waals surface area contributed by atoms with Gasteiger partial charge in [0.2, 0.25) is 5.91 Å². The lowest BCUT2D eigenvalue weighted by Crippen LogP contribution is -2.27. The standard InChI is InChI=1S/C13H15NO3/c15-12(10-5-6-10)14-8-7-9-3-1-2-4-11(9)13(16)17/h1-4,10H,5-8H2,(H,14,15)(H,16,17). The van der Waals surface area contributed by atoms with Gasteiger partial charge >= 0.3 is 5.97 Å². The van der Waals surface area contributed by atoms with Gasteiger partial charge < -0.3 is 10.4 Å². The number of carbonyl (C=O) groups is 2. The molecule has 4 nitrogen and oxygen atoms in total. The van der Waals surface area contributed by atoms with Gasteiger partial charge in [0.1, 0.15) is 0 Å². The normalized spacial score (nSPS) is 14.4. The van der Waals surface area contributed by atoms with Crippen LogP contribution in [0.25, 0.3) is 0 Å². The highest BCUT2D eigenvalue weighted by molar-refractivity contribution is 5.89. The van der Waals surface area contributed by atoms with Crippen LogP contribution >= 0.6 is 0 Å². The molecule has 1 amide bonds. The fourth-order valence-electron chi connectivity index (χ4n) is 1.76. The minimum Gasteiger partial charge on any atom is -0.478 e. The lowest BCUT2D eigenvalue weighted by molar-refractivity contribution is -0.122. The summed E-state index contributed by atoms with van der Waals surface area (Å²) in [6.07, 6.45) is 2.52. The monoisotopic (exact) mass is 233 g/mol. The van der Waals surface area contributed by atoms with Gasteiger partial charge in [0.25, 0.3) is 0 Å². The van der Waals surface area contributed by atoms with Crippen molar-refractivity contribution in [3.8, 4) is 0 Å². The molecular weight excluding hydrogens is 218 g/mol. The number of benzene rings is 1. The Kier molecular flexibility index (Phi) is 3.42. The molecule has 0 unspecified atom stereocenters. The van der Waals surface area contributed by atoms with Gasteiger partial charge in [0.15, 0.2) is 0 Å². The van der Waals surface area contributed by atoms with Crippen LogP contribution < -0.4 is 5.32 Å². The molecule has 1 aromatic carbocycles. The Morgan fingerprint density at radius 2 is 2.00 bits per heavy atom. The number of aromatic carboxylic acids is 1. The molecule has 2 N–H and O–H groups in total. The molecule has 0 heterocycles. The van der Waals surface area contributed by atoms with Crippen LogP contribution in [0.3, 0.4) is 0 Å². The van der Waals surface area contributed by atoms with Crippen LogP contribution in [0.2, 0.25) is 0 Å². The molecule has 1 fully saturated rings. The summed E-state index contributed by atoms with van der Waals surface area (Å²) in [5.74, 6) is -0.628. The number of carboxylic acid groups (broad SMARTS) is 1. The molecule has 1 aliphatic carbocycles. The van der Waals surface area contributed by atoms with Crippen molar-refractivity contribution in [3.05, 3.63) is 35.4 Å². The first-order valence-electron chi connectivity index (χ1n) is 5.77. The fourth-order valence-corrected chi connectivity index (χ4v) is 1.76. The van der Waals surface area contributed by atoms with Crippen LogP contribution in [0.1, 0.15) is 28.8 Å². The van der Waals surface area contributed by atoms with Gasteiger partial charge in [0.05, 0.1) is 5.56 Å². The van der Waals surface area contributed by atoms with Gasteiger partial charge in [0, 0.05) is 12.5 Å². The average Bonchev–Trinajstić information content (AvgIpc) is 3.13. The Morgan fingerprint density at radius 3 is 2.65 bits per heavy atom. The van der Waals surface area contributed by atoms with Gasteiger partial charge in [-0.25, -0.2) is 4.79 Å². The largest absolute Gasteiger partial charge is 0.478 e. The van der Waals surface area contributed by atoms with Gasteiger partial charge in [-0.3, -0.25) is 4.79 Å². The van der Waals surface area contributed by atoms with Gasteiger partial charge in [-0.2, -0.15) is 0 Å². The Labute approximate surface area is 99.6 Å². The summed E-state index contributed by atoms with van der Waals surface area (Å²) in [4.78, 5) is 22.3. The summed E-state index contributed by atoms with van der Waals surface area (Å²) in [7, 11) is 0. The molecule has 0 saturated heterocycles. The SMILES string of the molecule is O=C(O)c1ccccc1CCNC(=O)C1CC1. The molecule has 1 saturated carbocycles. The van der Waals surface area contributed by atoms with Crippen molar-refractivity contribution in [2.75, 3.05) is 6.54 Å². The van der Waals surface area contributed by atoms with E-state index in [0.717, 1.165) is 18.4 Å². The van der Waals surface area contributed by atoms with Crippen molar-refractivity contribution in [1.82, 2.24) is 5.32 Å². The van der Waals surface area contributed by atoms with E-state index in [1.54, 1.807) is 18.2 Å². The van der Waals surface area contributed by atoms with Crippen LogP contribution in [-0.4, -0.2) is 23.5 Å². The lowest BCUT2D eigenvalue weighted by atomic mass is 10.0. The summed E-state index contributed by atoms with van der Waals surface area (Å²) in [6.45, 7) is 0.500. The van der Waals surface area contributed by atoms with E-state index in [4.69, 9.17) is 5.11 Å². The van der Waals surface area contributed by atoms with E-state index in [0.29, 0.717) is 18.5 Å². The van der Waals surface area contributed by atoms with Crippen LogP contribution in [0.15, 0.2) is 24.3 Å². The highest BCUT2D eigenvalue weighted by Crippen LogP contribution is 2.28. The number of carboxylic acids is 1. The smallest absolute Gasteiger partial charge is 0.335 e. The Bertz CT molecular complexity index is 438. The number of nitrogens with one attached hydrogen (secondary N) is 1. The second-order valence-electron chi connectivity index (χ2n) is 4.28. The zero-order valence-electron chi connectivity index (χ0n) is 9.48. The number of amides is 1. The molecule has 0 radical (unpaired) electrons. The Morgan fingerprint density at radius 1 is 1.29 bits per heavy atom. The molecule has 17 heavy (non-hydrogen) atoms. The third-order valence-corrected chi connectivity index (χ3v) is 2.89. The Balaban J connectivity index is 1.89. The van der Waals surface area contributed by atoms with Crippen LogP contribution in [0.5, 0.6) is 0 Å². The van der Waals surface area contributed by atoms with Crippen molar-refractivity contribution in [2.24, 2.45) is 5.92 Å². The van der Waals surface area contributed by atoms with Crippen molar-refractivity contribution in [2.45, 2.75) is 19.3 Å². The van der Waals surface area contributed by atoms with Crippen LogP contribution in [0.4, 0.5) is 0 Å². The lowest BCUT2D eigenvalue weighted by Gasteiger charge is -2.07. The third-order valence-electron chi connectivity index (χ3n) is 2.89. The number of hydrogen-bond acceptors (Lipinski definition) is 2. The quantitative estimate of drug-likeness (QED) is 0.809. The fraction of sp³-hybridized carbons (Fsp3) is 0.385. The maximum atomic E-state index is 11.4. The number of hydrogen-bond donors (Lipinski definition) is 2. The summed E-state index contributed by atoms with van der Waals surface area (Å²) in [5, 5.41) is 11.8. The summed E-state index contributed by atoms with van der Waals surface area (Å²) in [6, 6.07) is 6.88. The topological polar surface area (TPSA) is 66.4 Å². The highest BCUT2D eigenvalue weighted by atomic mass is 16.4. The van der Waals surface area contributed by atoms with Crippen LogP contribution in [0, 0.1) is 5.92 Å². The van der Waals surface area contributed by atoms with Gasteiger partial charge in [-0.15, -0.1) is 0 Å². The molecule has 1 aliphatic rings. The molecule has 0 spiro atoms. The minimum absolute atomic E-state index is 0.0952. The van der Waals surface area contributed by atoms with E-state index in [1.807, 2.05) is 6.07 Å². The highest BCUT2D eigenvalue weighted by Gasteiger charge is 2.29. The zero-order valence-corrected chi connectivity index (χ0v) is 9.48. The first kappa shape index (κ1) is 11.6. The minimum atomic E-state index is -0.922. The molecule has 0 aromatic heterocycles. The van der Waals surface area contributed by atoms with Crippen molar-refractivity contribution >= 4 is 11.9 Å². The first-order valence-corrected chi connectivity index (χ1v) is 5.77. The maximum absolute atomic E-state index is 11.4. The molecule has 2 rings (SSSR count). The molecule has 90 valence electrons. The number of rotatable bonds is 5. The molecule has 4 heteroatoms. The van der Waals surface area contributed by atoms with E-state index in [1.165, 1.54) is 0 Å². The third kappa shape index (κ3) is 3.06. The molecular formula is C13H15NO3. The predicted octanol–water partition coefficient (Wildman–Crippen LogP) is 1.45. The van der Waals surface area contributed by atoms with E-state index in [2.05, 4.69) is 5.32 Å². The van der Waals surface area contributed by atoms with E-state index >= 15 is 0 Å². The first-order chi connectivity index (χ1) is 8.18. The summed E-state index contributed by atoms with van der Waals surface area (Å²) >= 11 is 0. The second-order valence-corrected chi connectivity index (χ2v) is 4.28. The number of carbonyl (C=O) groups excluding carboxylic acids is 1. The molecule has 0 atom stereocenters. The Hall–Kier alpha value is -1.84. The zero-order chi connectivity index (χ0) is 12.3. The van der Waals surface area contributed by atoms with E-state index in [-0.39, 0.29) is 11.8 Å². The molecule has 0 bridgehead atoms. The van der Waals surface area contributed by atoms with Crippen molar-refractivity contribution in [3.63, 3.8) is 0 Å². The van der Waals surface area contributed by atoms with Crippen molar-refractivity contribution < 1.29 is 14.7 Å². The van der Waals surface area contributed by atoms with Crippen molar-refractivity contribution in [1.29, 1.82) is 0 Å². The van der Waals surface area contributed by atoms with E-state index in [9.17, 15) is 9.59 Å². The van der Waals surface area contributed by atoms with Crippen LogP contribution in [-0.2, 0) is 11.2 Å². The van der Waals surface area contributed by atoms with E-state index < -0.39 is 5.97 Å². The average molecular weight is 233 g/mol. The molecule has 1 aromatic rings. The molecule has 0 aliphatic heterocycles. The predicted molar refractivity (Wildman–Crippen MR) is 62.8 cm³/mol. The van der Waals surface area contributed by atoms with Gasteiger partial charge in [-0.05, 0) is 30.9 Å². The van der Waals surface area contributed by atoms with Gasteiger partial charge in [-0.1, -0.05) is 18.2 Å². The maximum Gasteiger partial charge on any atom is 0.335 e. The second kappa shape index (κ2) is 4.99.